The molecule has 0 saturated carbocycles. The van der Waals surface area contributed by atoms with Crippen molar-refractivity contribution in [2.24, 2.45) is 13.0 Å². The number of aryl methyl sites for hydroxylation is 2. The standard InChI is InChI=1S/C16H29N5/c1-12-14(10-17-2)16(20(4)18-12)21-9-7-15-13(11-21)6-5-8-19(15)3/h13,15,17H,5-11H2,1-4H3. The molecule has 1 aromatic rings. The summed E-state index contributed by atoms with van der Waals surface area (Å²) < 4.78 is 2.08. The average molecular weight is 291 g/mol. The first kappa shape index (κ1) is 14.9. The Morgan fingerprint density at radius 2 is 2.05 bits per heavy atom. The minimum Gasteiger partial charge on any atom is -0.356 e. The molecule has 118 valence electrons. The third-order valence-corrected chi connectivity index (χ3v) is 5.31. The molecule has 2 atom stereocenters. The molecular weight excluding hydrogens is 262 g/mol. The van der Waals surface area contributed by atoms with Crippen molar-refractivity contribution in [3.8, 4) is 0 Å². The smallest absolute Gasteiger partial charge is 0.131 e. The zero-order chi connectivity index (χ0) is 15.0. The Kier molecular flexibility index (Phi) is 4.22. The zero-order valence-corrected chi connectivity index (χ0v) is 13.9. The summed E-state index contributed by atoms with van der Waals surface area (Å²) in [6, 6.07) is 0.789. The van der Waals surface area contributed by atoms with Gasteiger partial charge in [0.05, 0.1) is 5.69 Å². The van der Waals surface area contributed by atoms with E-state index in [4.69, 9.17) is 0 Å². The molecule has 1 N–H and O–H groups in total. The molecule has 3 rings (SSSR count). The SMILES string of the molecule is CNCc1c(C)nn(C)c1N1CCC2C(CCCN2C)C1. The van der Waals surface area contributed by atoms with Gasteiger partial charge in [-0.05, 0) is 52.7 Å². The summed E-state index contributed by atoms with van der Waals surface area (Å²) in [6.07, 6.45) is 4.01. The van der Waals surface area contributed by atoms with Crippen molar-refractivity contribution in [1.29, 1.82) is 0 Å². The summed E-state index contributed by atoms with van der Waals surface area (Å²) in [5, 5.41) is 7.94. The van der Waals surface area contributed by atoms with Crippen LogP contribution in [0, 0.1) is 12.8 Å². The van der Waals surface area contributed by atoms with Crippen LogP contribution in [-0.4, -0.2) is 54.5 Å². The first-order valence-electron chi connectivity index (χ1n) is 8.24. The van der Waals surface area contributed by atoms with Gasteiger partial charge in [0, 0.05) is 38.3 Å². The first-order chi connectivity index (χ1) is 10.1. The third-order valence-electron chi connectivity index (χ3n) is 5.31. The summed E-state index contributed by atoms with van der Waals surface area (Å²) in [7, 11) is 6.40. The molecule has 0 radical (unpaired) electrons. The summed E-state index contributed by atoms with van der Waals surface area (Å²) >= 11 is 0. The number of nitrogens with one attached hydrogen (secondary N) is 1. The van der Waals surface area contributed by atoms with E-state index in [1.807, 2.05) is 7.05 Å². The maximum atomic E-state index is 4.65. The normalized spacial score (nSPS) is 27.0. The number of fused-ring (bicyclic) bond motifs is 1. The van der Waals surface area contributed by atoms with Gasteiger partial charge in [-0.15, -0.1) is 0 Å². The topological polar surface area (TPSA) is 36.3 Å². The number of hydrogen-bond acceptors (Lipinski definition) is 4. The van der Waals surface area contributed by atoms with Gasteiger partial charge in [0.15, 0.2) is 0 Å². The largest absolute Gasteiger partial charge is 0.356 e. The molecule has 21 heavy (non-hydrogen) atoms. The van der Waals surface area contributed by atoms with Crippen LogP contribution in [-0.2, 0) is 13.6 Å². The van der Waals surface area contributed by atoms with Crippen LogP contribution < -0.4 is 10.2 Å². The Balaban J connectivity index is 1.82. The zero-order valence-electron chi connectivity index (χ0n) is 13.9. The van der Waals surface area contributed by atoms with Crippen LogP contribution in [0.25, 0.3) is 0 Å². The number of anilines is 1. The lowest BCUT2D eigenvalue weighted by Gasteiger charge is -2.46. The van der Waals surface area contributed by atoms with Crippen molar-refractivity contribution in [1.82, 2.24) is 20.0 Å². The van der Waals surface area contributed by atoms with Crippen molar-refractivity contribution < 1.29 is 0 Å². The lowest BCUT2D eigenvalue weighted by molar-refractivity contribution is 0.102. The lowest BCUT2D eigenvalue weighted by atomic mass is 9.84. The van der Waals surface area contributed by atoms with Gasteiger partial charge in [-0.2, -0.15) is 5.10 Å². The lowest BCUT2D eigenvalue weighted by Crippen LogP contribution is -2.53. The van der Waals surface area contributed by atoms with Crippen LogP contribution in [0.1, 0.15) is 30.5 Å². The quantitative estimate of drug-likeness (QED) is 0.912. The predicted octanol–water partition coefficient (Wildman–Crippen LogP) is 1.37. The van der Waals surface area contributed by atoms with Crippen molar-refractivity contribution >= 4 is 5.82 Å². The van der Waals surface area contributed by atoms with E-state index in [0.29, 0.717) is 0 Å². The van der Waals surface area contributed by atoms with Gasteiger partial charge >= 0.3 is 0 Å². The van der Waals surface area contributed by atoms with Crippen LogP contribution in [0.3, 0.4) is 0 Å². The minimum atomic E-state index is 0.789. The monoisotopic (exact) mass is 291 g/mol. The fourth-order valence-corrected chi connectivity index (χ4v) is 4.31. The second-order valence-corrected chi connectivity index (χ2v) is 6.73. The molecule has 0 aliphatic carbocycles. The molecule has 0 amide bonds. The highest BCUT2D eigenvalue weighted by Crippen LogP contribution is 2.33. The fourth-order valence-electron chi connectivity index (χ4n) is 4.31. The minimum absolute atomic E-state index is 0.789. The number of piperidine rings is 2. The highest BCUT2D eigenvalue weighted by Gasteiger charge is 2.35. The van der Waals surface area contributed by atoms with Crippen molar-refractivity contribution in [2.45, 2.75) is 38.8 Å². The van der Waals surface area contributed by atoms with E-state index in [2.05, 4.69) is 45.9 Å². The van der Waals surface area contributed by atoms with E-state index in [0.717, 1.165) is 30.7 Å². The highest BCUT2D eigenvalue weighted by molar-refractivity contribution is 5.50. The fraction of sp³-hybridized carbons (Fsp3) is 0.812. The predicted molar refractivity (Wildman–Crippen MR) is 86.7 cm³/mol. The molecule has 2 saturated heterocycles. The van der Waals surface area contributed by atoms with Gasteiger partial charge < -0.3 is 15.1 Å². The van der Waals surface area contributed by atoms with E-state index >= 15 is 0 Å². The van der Waals surface area contributed by atoms with Crippen LogP contribution in [0.15, 0.2) is 0 Å². The van der Waals surface area contributed by atoms with Gasteiger partial charge in [-0.25, -0.2) is 0 Å². The van der Waals surface area contributed by atoms with Crippen LogP contribution in [0.5, 0.6) is 0 Å². The molecule has 5 nitrogen and oxygen atoms in total. The molecule has 0 aromatic carbocycles. The van der Waals surface area contributed by atoms with Crippen LogP contribution in [0.4, 0.5) is 5.82 Å². The van der Waals surface area contributed by atoms with E-state index in [1.54, 1.807) is 0 Å². The van der Waals surface area contributed by atoms with Gasteiger partial charge in [0.2, 0.25) is 0 Å². The molecule has 2 unspecified atom stereocenters. The number of aromatic nitrogens is 2. The van der Waals surface area contributed by atoms with Gasteiger partial charge in [0.1, 0.15) is 5.82 Å². The van der Waals surface area contributed by atoms with Crippen molar-refractivity contribution in [3.05, 3.63) is 11.3 Å². The summed E-state index contributed by atoms with van der Waals surface area (Å²) in [4.78, 5) is 5.15. The second-order valence-electron chi connectivity index (χ2n) is 6.73. The molecule has 2 aliphatic rings. The maximum absolute atomic E-state index is 4.65. The molecule has 0 bridgehead atoms. The third kappa shape index (κ3) is 2.69. The summed E-state index contributed by atoms with van der Waals surface area (Å²) in [6.45, 7) is 6.64. The Morgan fingerprint density at radius 1 is 1.24 bits per heavy atom. The van der Waals surface area contributed by atoms with E-state index in [-0.39, 0.29) is 0 Å². The molecule has 2 fully saturated rings. The number of likely N-dealkylation sites (tertiary alicyclic amines) is 1. The van der Waals surface area contributed by atoms with Gasteiger partial charge in [-0.3, -0.25) is 4.68 Å². The van der Waals surface area contributed by atoms with Crippen LogP contribution >= 0.6 is 0 Å². The molecular formula is C16H29N5. The maximum Gasteiger partial charge on any atom is 0.131 e. The Bertz CT molecular complexity index is 495. The van der Waals surface area contributed by atoms with Crippen molar-refractivity contribution in [2.75, 3.05) is 38.6 Å². The Hall–Kier alpha value is -1.07. The second kappa shape index (κ2) is 5.97. The Labute approximate surface area is 128 Å². The Morgan fingerprint density at radius 3 is 2.81 bits per heavy atom. The van der Waals surface area contributed by atoms with Crippen LogP contribution in [0.2, 0.25) is 0 Å². The average Bonchev–Trinajstić information content (AvgIpc) is 2.74. The summed E-state index contributed by atoms with van der Waals surface area (Å²) in [5.41, 5.74) is 2.52. The van der Waals surface area contributed by atoms with Crippen molar-refractivity contribution in [3.63, 3.8) is 0 Å². The molecule has 1 aromatic heterocycles. The highest BCUT2D eigenvalue weighted by atomic mass is 15.4. The molecule has 3 heterocycles. The number of nitrogens with zero attached hydrogens (tertiary/aromatic N) is 4. The number of rotatable bonds is 3. The molecule has 5 heteroatoms. The summed E-state index contributed by atoms with van der Waals surface area (Å²) in [5.74, 6) is 2.14. The number of hydrogen-bond donors (Lipinski definition) is 1. The van der Waals surface area contributed by atoms with Gasteiger partial charge in [-0.1, -0.05) is 0 Å². The molecule has 2 aliphatic heterocycles. The first-order valence-corrected chi connectivity index (χ1v) is 8.24. The van der Waals surface area contributed by atoms with Gasteiger partial charge in [0.25, 0.3) is 0 Å². The van der Waals surface area contributed by atoms with E-state index in [1.165, 1.54) is 43.7 Å². The van der Waals surface area contributed by atoms with E-state index < -0.39 is 0 Å². The van der Waals surface area contributed by atoms with E-state index in [9.17, 15) is 0 Å². The molecule has 0 spiro atoms.